The summed E-state index contributed by atoms with van der Waals surface area (Å²) < 4.78 is 32.3. The Morgan fingerprint density at radius 3 is 2.75 bits per heavy atom. The minimum absolute atomic E-state index is 0.285. The van der Waals surface area contributed by atoms with Crippen molar-refractivity contribution in [2.75, 3.05) is 5.73 Å². The van der Waals surface area contributed by atoms with E-state index in [0.717, 1.165) is 6.92 Å². The SMILES string of the molecule is CC(F)(F)c1ccc(Cn2cc(N)cn2)o1. The van der Waals surface area contributed by atoms with E-state index in [-0.39, 0.29) is 12.3 Å². The van der Waals surface area contributed by atoms with Crippen LogP contribution >= 0.6 is 0 Å². The maximum atomic E-state index is 12.9. The van der Waals surface area contributed by atoms with Crippen molar-refractivity contribution in [3.05, 3.63) is 36.0 Å². The van der Waals surface area contributed by atoms with Crippen LogP contribution < -0.4 is 5.73 Å². The molecule has 0 aliphatic carbocycles. The van der Waals surface area contributed by atoms with Crippen molar-refractivity contribution >= 4 is 5.69 Å². The lowest BCUT2D eigenvalue weighted by Crippen LogP contribution is -2.05. The molecule has 0 bridgehead atoms. The second-order valence-corrected chi connectivity index (χ2v) is 3.63. The minimum Gasteiger partial charge on any atom is -0.458 e. The Labute approximate surface area is 90.7 Å². The predicted molar refractivity (Wildman–Crippen MR) is 54.0 cm³/mol. The van der Waals surface area contributed by atoms with Crippen LogP contribution in [0.4, 0.5) is 14.5 Å². The average molecular weight is 227 g/mol. The molecule has 2 N–H and O–H groups in total. The Morgan fingerprint density at radius 2 is 2.25 bits per heavy atom. The lowest BCUT2D eigenvalue weighted by molar-refractivity contribution is -0.00636. The molecule has 86 valence electrons. The Balaban J connectivity index is 2.14. The van der Waals surface area contributed by atoms with E-state index < -0.39 is 5.92 Å². The minimum atomic E-state index is -2.96. The summed E-state index contributed by atoms with van der Waals surface area (Å²) >= 11 is 0. The van der Waals surface area contributed by atoms with Gasteiger partial charge in [-0.1, -0.05) is 0 Å². The van der Waals surface area contributed by atoms with Crippen LogP contribution in [0, 0.1) is 0 Å². The van der Waals surface area contributed by atoms with Crippen LogP contribution in [-0.4, -0.2) is 9.78 Å². The molecule has 0 saturated heterocycles. The molecule has 0 amide bonds. The zero-order valence-electron chi connectivity index (χ0n) is 8.65. The number of nitrogens with two attached hydrogens (primary N) is 1. The van der Waals surface area contributed by atoms with Crippen LogP contribution in [-0.2, 0) is 12.5 Å². The van der Waals surface area contributed by atoms with Crippen LogP contribution in [0.1, 0.15) is 18.4 Å². The summed E-state index contributed by atoms with van der Waals surface area (Å²) in [5, 5.41) is 3.93. The molecule has 0 spiro atoms. The monoisotopic (exact) mass is 227 g/mol. The average Bonchev–Trinajstić information content (AvgIpc) is 2.74. The molecule has 0 saturated carbocycles. The Morgan fingerprint density at radius 1 is 1.50 bits per heavy atom. The first-order valence-corrected chi connectivity index (χ1v) is 4.70. The fraction of sp³-hybridized carbons (Fsp3) is 0.300. The van der Waals surface area contributed by atoms with E-state index in [1.807, 2.05) is 0 Å². The molecule has 2 aromatic rings. The van der Waals surface area contributed by atoms with Crippen LogP contribution in [0.25, 0.3) is 0 Å². The number of alkyl halides is 2. The summed E-state index contributed by atoms with van der Waals surface area (Å²) in [7, 11) is 0. The first-order valence-electron chi connectivity index (χ1n) is 4.70. The van der Waals surface area contributed by atoms with Gasteiger partial charge in [-0.25, -0.2) is 0 Å². The van der Waals surface area contributed by atoms with Gasteiger partial charge in [0.2, 0.25) is 0 Å². The maximum Gasteiger partial charge on any atom is 0.301 e. The van der Waals surface area contributed by atoms with Crippen molar-refractivity contribution in [3.8, 4) is 0 Å². The van der Waals surface area contributed by atoms with Gasteiger partial charge in [-0.3, -0.25) is 4.68 Å². The molecule has 6 heteroatoms. The molecular weight excluding hydrogens is 216 g/mol. The van der Waals surface area contributed by atoms with Gasteiger partial charge in [0, 0.05) is 13.1 Å². The summed E-state index contributed by atoms with van der Waals surface area (Å²) in [5.74, 6) is -2.89. The third kappa shape index (κ3) is 2.21. The van der Waals surface area contributed by atoms with Gasteiger partial charge in [-0.05, 0) is 12.1 Å². The molecular formula is C10H11F2N3O. The summed E-state index contributed by atoms with van der Waals surface area (Å²) in [4.78, 5) is 0. The zero-order valence-corrected chi connectivity index (χ0v) is 8.65. The van der Waals surface area contributed by atoms with Crippen LogP contribution in [0.5, 0.6) is 0 Å². The molecule has 2 rings (SSSR count). The maximum absolute atomic E-state index is 12.9. The first-order chi connectivity index (χ1) is 7.45. The standard InChI is InChI=1S/C10H11F2N3O/c1-10(11,12)9-3-2-8(16-9)6-15-5-7(13)4-14-15/h2-5H,6,13H2,1H3. The van der Waals surface area contributed by atoms with Gasteiger partial charge >= 0.3 is 5.92 Å². The highest BCUT2D eigenvalue weighted by Crippen LogP contribution is 2.28. The topological polar surface area (TPSA) is 57.0 Å². The number of furan rings is 1. The molecule has 0 unspecified atom stereocenters. The quantitative estimate of drug-likeness (QED) is 0.874. The van der Waals surface area contributed by atoms with Gasteiger partial charge in [0.1, 0.15) is 5.76 Å². The number of nitrogens with zero attached hydrogens (tertiary/aromatic N) is 2. The van der Waals surface area contributed by atoms with Gasteiger partial charge in [-0.2, -0.15) is 13.9 Å². The number of aromatic nitrogens is 2. The van der Waals surface area contributed by atoms with E-state index in [9.17, 15) is 8.78 Å². The van der Waals surface area contributed by atoms with Crippen LogP contribution in [0.15, 0.2) is 28.9 Å². The lowest BCUT2D eigenvalue weighted by Gasteiger charge is -2.05. The van der Waals surface area contributed by atoms with Gasteiger partial charge in [0.05, 0.1) is 18.4 Å². The Hall–Kier alpha value is -1.85. The van der Waals surface area contributed by atoms with Gasteiger partial charge < -0.3 is 10.2 Å². The van der Waals surface area contributed by atoms with Gasteiger partial charge in [-0.15, -0.1) is 0 Å². The van der Waals surface area contributed by atoms with E-state index in [0.29, 0.717) is 11.4 Å². The fourth-order valence-electron chi connectivity index (χ4n) is 1.32. The number of hydrogen-bond acceptors (Lipinski definition) is 3. The molecule has 0 aliphatic heterocycles. The van der Waals surface area contributed by atoms with Crippen molar-refractivity contribution in [1.29, 1.82) is 0 Å². The van der Waals surface area contributed by atoms with Crippen molar-refractivity contribution in [1.82, 2.24) is 9.78 Å². The third-order valence-electron chi connectivity index (χ3n) is 2.07. The van der Waals surface area contributed by atoms with Gasteiger partial charge in [0.25, 0.3) is 0 Å². The van der Waals surface area contributed by atoms with Gasteiger partial charge in [0.15, 0.2) is 5.76 Å². The normalized spacial score (nSPS) is 11.9. The highest BCUT2D eigenvalue weighted by Gasteiger charge is 2.28. The van der Waals surface area contributed by atoms with Crippen molar-refractivity contribution in [2.24, 2.45) is 0 Å². The van der Waals surface area contributed by atoms with E-state index in [1.165, 1.54) is 23.0 Å². The Bertz CT molecular complexity index is 484. The molecule has 0 aromatic carbocycles. The summed E-state index contributed by atoms with van der Waals surface area (Å²) in [6, 6.07) is 2.77. The summed E-state index contributed by atoms with van der Waals surface area (Å²) in [5.41, 5.74) is 5.99. The number of anilines is 1. The van der Waals surface area contributed by atoms with Crippen molar-refractivity contribution < 1.29 is 13.2 Å². The molecule has 0 aliphatic rings. The second-order valence-electron chi connectivity index (χ2n) is 3.63. The largest absolute Gasteiger partial charge is 0.458 e. The van der Waals surface area contributed by atoms with Crippen molar-refractivity contribution in [3.63, 3.8) is 0 Å². The molecule has 0 radical (unpaired) electrons. The van der Waals surface area contributed by atoms with E-state index >= 15 is 0 Å². The first kappa shape index (κ1) is 10.7. The van der Waals surface area contributed by atoms with E-state index in [4.69, 9.17) is 10.2 Å². The molecule has 0 fully saturated rings. The molecule has 0 atom stereocenters. The van der Waals surface area contributed by atoms with E-state index in [1.54, 1.807) is 6.20 Å². The van der Waals surface area contributed by atoms with Crippen molar-refractivity contribution in [2.45, 2.75) is 19.4 Å². The highest BCUT2D eigenvalue weighted by atomic mass is 19.3. The fourth-order valence-corrected chi connectivity index (χ4v) is 1.32. The molecule has 4 nitrogen and oxygen atoms in total. The zero-order chi connectivity index (χ0) is 11.8. The summed E-state index contributed by atoms with van der Waals surface area (Å²) in [6.07, 6.45) is 3.09. The second kappa shape index (κ2) is 3.62. The highest BCUT2D eigenvalue weighted by molar-refractivity contribution is 5.30. The smallest absolute Gasteiger partial charge is 0.301 e. The lowest BCUT2D eigenvalue weighted by atomic mass is 10.3. The van der Waals surface area contributed by atoms with Crippen LogP contribution in [0.2, 0.25) is 0 Å². The Kier molecular flexibility index (Phi) is 2.41. The van der Waals surface area contributed by atoms with E-state index in [2.05, 4.69) is 5.10 Å². The third-order valence-corrected chi connectivity index (χ3v) is 2.07. The molecule has 16 heavy (non-hydrogen) atoms. The molecule has 2 aromatic heterocycles. The molecule has 2 heterocycles. The summed E-state index contributed by atoms with van der Waals surface area (Å²) in [6.45, 7) is 1.08. The number of nitrogen functional groups attached to an aromatic ring is 1. The number of halogens is 2. The predicted octanol–water partition coefficient (Wildman–Crippen LogP) is 2.22. The number of hydrogen-bond donors (Lipinski definition) is 1. The van der Waals surface area contributed by atoms with Crippen LogP contribution in [0.3, 0.4) is 0 Å². The number of rotatable bonds is 3.